The third-order valence-electron chi connectivity index (χ3n) is 6.23. The van der Waals surface area contributed by atoms with Crippen LogP contribution in [0.2, 0.25) is 0 Å². The second kappa shape index (κ2) is 8.84. The van der Waals surface area contributed by atoms with Crippen LogP contribution in [0.25, 0.3) is 33.4 Å². The van der Waals surface area contributed by atoms with Gasteiger partial charge in [-0.3, -0.25) is 4.68 Å². The lowest BCUT2D eigenvalue weighted by atomic mass is 10.1. The summed E-state index contributed by atoms with van der Waals surface area (Å²) in [6, 6.07) is 16.3. The summed E-state index contributed by atoms with van der Waals surface area (Å²) in [6.07, 6.45) is 3.07. The van der Waals surface area contributed by atoms with Crippen molar-refractivity contribution in [3.05, 3.63) is 66.9 Å². The molecule has 3 aromatic heterocycles. The second-order valence-corrected chi connectivity index (χ2v) is 8.55. The van der Waals surface area contributed by atoms with E-state index >= 15 is 0 Å². The molecular formula is C26H25N7O2. The summed E-state index contributed by atoms with van der Waals surface area (Å²) in [5, 5.41) is 9.15. The van der Waals surface area contributed by atoms with E-state index in [0.717, 1.165) is 63.7 Å². The van der Waals surface area contributed by atoms with Crippen LogP contribution < -0.4 is 10.2 Å². The number of ether oxygens (including phenoxy) is 1. The Balaban J connectivity index is 1.37. The van der Waals surface area contributed by atoms with Gasteiger partial charge < -0.3 is 19.4 Å². The van der Waals surface area contributed by atoms with Crippen LogP contribution in [0.1, 0.15) is 5.69 Å². The first-order valence-electron chi connectivity index (χ1n) is 11.6. The molecule has 0 bridgehead atoms. The summed E-state index contributed by atoms with van der Waals surface area (Å²) in [4.78, 5) is 16.1. The molecule has 6 rings (SSSR count). The van der Waals surface area contributed by atoms with Gasteiger partial charge in [-0.1, -0.05) is 24.3 Å². The summed E-state index contributed by atoms with van der Waals surface area (Å²) in [5.41, 5.74) is 6.67. The molecule has 1 saturated heterocycles. The minimum absolute atomic E-state index is 0.667. The van der Waals surface area contributed by atoms with Crippen LogP contribution in [0.5, 0.6) is 0 Å². The molecule has 9 nitrogen and oxygen atoms in total. The van der Waals surface area contributed by atoms with Crippen LogP contribution >= 0.6 is 0 Å². The Hall–Kier alpha value is -4.24. The molecule has 0 spiro atoms. The van der Waals surface area contributed by atoms with Gasteiger partial charge in [0.2, 0.25) is 5.95 Å². The number of hydrogen-bond acceptors (Lipinski definition) is 8. The first-order chi connectivity index (χ1) is 17.1. The third-order valence-corrected chi connectivity index (χ3v) is 6.23. The van der Waals surface area contributed by atoms with Crippen LogP contribution in [0.4, 0.5) is 17.5 Å². The van der Waals surface area contributed by atoms with E-state index in [0.29, 0.717) is 19.2 Å². The predicted molar refractivity (Wildman–Crippen MR) is 135 cm³/mol. The van der Waals surface area contributed by atoms with Crippen molar-refractivity contribution in [3.8, 4) is 22.5 Å². The molecule has 35 heavy (non-hydrogen) atoms. The maximum Gasteiger partial charge on any atom is 0.228 e. The van der Waals surface area contributed by atoms with Crippen molar-refractivity contribution in [2.75, 3.05) is 36.5 Å². The highest BCUT2D eigenvalue weighted by molar-refractivity contribution is 5.86. The SMILES string of the molecule is Cc1nn(C)c2cc(-c3cc(Nc4ccc(-c5cocn5)cc4)nc(N4CCOCC4)n3)ccc12. The van der Waals surface area contributed by atoms with Crippen molar-refractivity contribution in [3.63, 3.8) is 0 Å². The fourth-order valence-corrected chi connectivity index (χ4v) is 4.38. The van der Waals surface area contributed by atoms with Crippen LogP contribution in [-0.4, -0.2) is 51.0 Å². The quantitative estimate of drug-likeness (QED) is 0.402. The smallest absolute Gasteiger partial charge is 0.228 e. The molecule has 176 valence electrons. The van der Waals surface area contributed by atoms with E-state index < -0.39 is 0 Å². The lowest BCUT2D eigenvalue weighted by molar-refractivity contribution is 0.122. The summed E-state index contributed by atoms with van der Waals surface area (Å²) in [6.45, 7) is 4.88. The van der Waals surface area contributed by atoms with Crippen LogP contribution in [0.3, 0.4) is 0 Å². The third kappa shape index (κ3) is 4.22. The van der Waals surface area contributed by atoms with Crippen LogP contribution in [0.15, 0.2) is 65.6 Å². The largest absolute Gasteiger partial charge is 0.451 e. The average molecular weight is 468 g/mol. The number of morpholine rings is 1. The van der Waals surface area contributed by atoms with Crippen molar-refractivity contribution in [1.82, 2.24) is 24.7 Å². The van der Waals surface area contributed by atoms with E-state index in [2.05, 4.69) is 38.5 Å². The molecule has 0 radical (unpaired) electrons. The van der Waals surface area contributed by atoms with Gasteiger partial charge in [-0.2, -0.15) is 10.1 Å². The number of oxazole rings is 1. The lowest BCUT2D eigenvalue weighted by Crippen LogP contribution is -2.37. The van der Waals surface area contributed by atoms with Gasteiger partial charge in [0, 0.05) is 48.4 Å². The zero-order chi connectivity index (χ0) is 23.8. The number of anilines is 3. The van der Waals surface area contributed by atoms with Crippen molar-refractivity contribution in [2.45, 2.75) is 6.92 Å². The Bertz CT molecular complexity index is 1470. The molecule has 4 heterocycles. The van der Waals surface area contributed by atoms with Crippen molar-refractivity contribution in [2.24, 2.45) is 7.05 Å². The number of fused-ring (bicyclic) bond motifs is 1. The molecule has 0 aliphatic carbocycles. The average Bonchev–Trinajstić information content (AvgIpc) is 3.53. The highest BCUT2D eigenvalue weighted by Crippen LogP contribution is 2.29. The van der Waals surface area contributed by atoms with Crippen molar-refractivity contribution in [1.29, 1.82) is 0 Å². The number of nitrogens with zero attached hydrogens (tertiary/aromatic N) is 6. The Labute approximate surface area is 202 Å². The minimum atomic E-state index is 0.667. The molecule has 1 aliphatic rings. The monoisotopic (exact) mass is 467 g/mol. The number of aromatic nitrogens is 5. The molecule has 1 N–H and O–H groups in total. The van der Waals surface area contributed by atoms with Crippen LogP contribution in [-0.2, 0) is 11.8 Å². The predicted octanol–water partition coefficient (Wildman–Crippen LogP) is 4.57. The van der Waals surface area contributed by atoms with Gasteiger partial charge in [-0.25, -0.2) is 9.97 Å². The lowest BCUT2D eigenvalue weighted by Gasteiger charge is -2.27. The highest BCUT2D eigenvalue weighted by atomic mass is 16.5. The van der Waals surface area contributed by atoms with E-state index in [4.69, 9.17) is 19.1 Å². The summed E-state index contributed by atoms with van der Waals surface area (Å²) < 4.78 is 12.5. The van der Waals surface area contributed by atoms with E-state index in [9.17, 15) is 0 Å². The van der Waals surface area contributed by atoms with Gasteiger partial charge in [0.25, 0.3) is 0 Å². The van der Waals surface area contributed by atoms with E-state index in [1.54, 1.807) is 6.26 Å². The highest BCUT2D eigenvalue weighted by Gasteiger charge is 2.17. The van der Waals surface area contributed by atoms with E-state index in [-0.39, 0.29) is 0 Å². The summed E-state index contributed by atoms with van der Waals surface area (Å²) in [5.74, 6) is 1.42. The number of hydrogen-bond donors (Lipinski definition) is 1. The zero-order valence-corrected chi connectivity index (χ0v) is 19.6. The van der Waals surface area contributed by atoms with Gasteiger partial charge in [-0.15, -0.1) is 0 Å². The molecule has 9 heteroatoms. The van der Waals surface area contributed by atoms with Gasteiger partial charge in [0.05, 0.1) is 30.1 Å². The number of rotatable bonds is 5. The van der Waals surface area contributed by atoms with E-state index in [1.165, 1.54) is 6.39 Å². The molecule has 0 saturated carbocycles. The Morgan fingerprint density at radius 2 is 1.71 bits per heavy atom. The molecule has 5 aromatic rings. The maximum atomic E-state index is 5.53. The summed E-state index contributed by atoms with van der Waals surface area (Å²) in [7, 11) is 1.97. The zero-order valence-electron chi connectivity index (χ0n) is 19.6. The molecule has 2 aromatic carbocycles. The number of benzene rings is 2. The fraction of sp³-hybridized carbons (Fsp3) is 0.231. The Morgan fingerprint density at radius 3 is 2.49 bits per heavy atom. The van der Waals surface area contributed by atoms with Crippen molar-refractivity contribution < 1.29 is 9.15 Å². The van der Waals surface area contributed by atoms with Crippen molar-refractivity contribution >= 4 is 28.4 Å². The Morgan fingerprint density at radius 1 is 0.914 bits per heavy atom. The number of nitrogens with one attached hydrogen (secondary N) is 1. The maximum absolute atomic E-state index is 5.53. The normalized spacial score (nSPS) is 13.9. The topological polar surface area (TPSA) is 94.1 Å². The van der Waals surface area contributed by atoms with Gasteiger partial charge in [0.1, 0.15) is 17.8 Å². The van der Waals surface area contributed by atoms with E-state index in [1.807, 2.05) is 49.0 Å². The molecule has 0 unspecified atom stereocenters. The minimum Gasteiger partial charge on any atom is -0.451 e. The number of aryl methyl sites for hydroxylation is 2. The van der Waals surface area contributed by atoms with Gasteiger partial charge in [0.15, 0.2) is 6.39 Å². The molecule has 0 amide bonds. The fourth-order valence-electron chi connectivity index (χ4n) is 4.38. The second-order valence-electron chi connectivity index (χ2n) is 8.55. The first-order valence-corrected chi connectivity index (χ1v) is 11.6. The molecule has 0 atom stereocenters. The standard InChI is InChI=1S/C26H25N7O2/c1-17-21-8-5-19(13-24(21)32(2)31-17)22-14-25(30-26(29-22)33-9-11-34-12-10-33)28-20-6-3-18(4-7-20)23-15-35-16-27-23/h3-8,13-16H,9-12H2,1-2H3,(H,28,29,30). The Kier molecular flexibility index (Phi) is 5.38. The van der Waals surface area contributed by atoms with Gasteiger partial charge in [-0.05, 0) is 25.1 Å². The first kappa shape index (κ1) is 21.3. The van der Waals surface area contributed by atoms with Gasteiger partial charge >= 0.3 is 0 Å². The molecule has 1 aliphatic heterocycles. The van der Waals surface area contributed by atoms with Crippen LogP contribution in [0, 0.1) is 6.92 Å². The summed E-state index contributed by atoms with van der Waals surface area (Å²) >= 11 is 0. The molecular weight excluding hydrogens is 442 g/mol. The molecule has 1 fully saturated rings.